The Bertz CT molecular complexity index is 563. The zero-order valence-electron chi connectivity index (χ0n) is 12.9. The van der Waals surface area contributed by atoms with E-state index in [1.54, 1.807) is 7.11 Å². The fraction of sp³-hybridized carbons (Fsp3) is 0.625. The number of carbonyl (C=O) groups is 1. The van der Waals surface area contributed by atoms with Crippen LogP contribution >= 0.6 is 0 Å². The minimum atomic E-state index is -0.542. The van der Waals surface area contributed by atoms with Gasteiger partial charge in [0.05, 0.1) is 36.6 Å². The molecule has 114 valence electrons. The summed E-state index contributed by atoms with van der Waals surface area (Å²) in [7, 11) is 1.65. The van der Waals surface area contributed by atoms with Gasteiger partial charge in [-0.25, -0.2) is 0 Å². The highest BCUT2D eigenvalue weighted by Crippen LogP contribution is 2.44. The highest BCUT2D eigenvalue weighted by molar-refractivity contribution is 5.91. The molecule has 1 N–H and O–H groups in total. The van der Waals surface area contributed by atoms with Gasteiger partial charge in [-0.05, 0) is 18.9 Å². The van der Waals surface area contributed by atoms with Gasteiger partial charge in [0, 0.05) is 12.7 Å². The number of hydrogen-bond donors (Lipinski definition) is 1. The van der Waals surface area contributed by atoms with E-state index in [0.29, 0.717) is 19.8 Å². The van der Waals surface area contributed by atoms with Crippen molar-refractivity contribution in [2.24, 2.45) is 0 Å². The van der Waals surface area contributed by atoms with E-state index < -0.39 is 5.41 Å². The first-order valence-corrected chi connectivity index (χ1v) is 7.52. The first-order valence-electron chi connectivity index (χ1n) is 7.52. The Balaban J connectivity index is 2.18. The van der Waals surface area contributed by atoms with Crippen LogP contribution in [0.3, 0.4) is 0 Å². The summed E-state index contributed by atoms with van der Waals surface area (Å²) in [5, 5.41) is 3.19. The molecule has 2 aliphatic heterocycles. The topological polar surface area (TPSA) is 60.5 Å². The molecule has 21 heavy (non-hydrogen) atoms. The van der Waals surface area contributed by atoms with Crippen molar-refractivity contribution in [3.63, 3.8) is 0 Å². The van der Waals surface area contributed by atoms with E-state index in [0.717, 1.165) is 29.8 Å². The summed E-state index contributed by atoms with van der Waals surface area (Å²) in [6.07, 6.45) is 1.48. The Morgan fingerprint density at radius 3 is 2.57 bits per heavy atom. The van der Waals surface area contributed by atoms with Crippen LogP contribution in [0.15, 0.2) is 12.1 Å². The summed E-state index contributed by atoms with van der Waals surface area (Å²) in [5.41, 5.74) is 1.97. The van der Waals surface area contributed by atoms with E-state index in [9.17, 15) is 4.79 Å². The van der Waals surface area contributed by atoms with Crippen molar-refractivity contribution in [1.29, 1.82) is 0 Å². The quantitative estimate of drug-likeness (QED) is 0.916. The molecule has 5 nitrogen and oxygen atoms in total. The lowest BCUT2D eigenvalue weighted by Crippen LogP contribution is -2.67. The first-order chi connectivity index (χ1) is 10.1. The van der Waals surface area contributed by atoms with Crippen molar-refractivity contribution in [2.75, 3.05) is 20.3 Å². The summed E-state index contributed by atoms with van der Waals surface area (Å²) in [4.78, 5) is 17.6. The van der Waals surface area contributed by atoms with Crippen LogP contribution in [-0.4, -0.2) is 31.2 Å². The fourth-order valence-electron chi connectivity index (χ4n) is 3.43. The van der Waals surface area contributed by atoms with Gasteiger partial charge < -0.3 is 14.8 Å². The maximum atomic E-state index is 12.8. The lowest BCUT2D eigenvalue weighted by molar-refractivity contribution is -0.143. The molecule has 3 heterocycles. The van der Waals surface area contributed by atoms with Crippen LogP contribution in [0.25, 0.3) is 0 Å². The molecule has 1 aromatic rings. The van der Waals surface area contributed by atoms with Crippen LogP contribution in [-0.2, 0) is 31.8 Å². The minimum Gasteiger partial charge on any atom is -0.378 e. The summed E-state index contributed by atoms with van der Waals surface area (Å²) in [5.74, 6) is 0.0744. The third-order valence-corrected chi connectivity index (χ3v) is 4.91. The summed E-state index contributed by atoms with van der Waals surface area (Å²) in [6, 6.07) is 4.06. The lowest BCUT2D eigenvalue weighted by Gasteiger charge is -2.50. The smallest absolute Gasteiger partial charge is 0.233 e. The van der Waals surface area contributed by atoms with Gasteiger partial charge in [-0.3, -0.25) is 9.78 Å². The molecule has 1 spiro atoms. The van der Waals surface area contributed by atoms with Crippen LogP contribution in [0.4, 0.5) is 0 Å². The average molecular weight is 290 g/mol. The van der Waals surface area contributed by atoms with Crippen LogP contribution in [0.2, 0.25) is 0 Å². The third kappa shape index (κ3) is 1.91. The number of pyridine rings is 1. The standard InChI is InChI=1S/C16H22N2O3/c1-4-15(5-2)13-12(7-6-11(17-13)8-20-3)16(9-21-10-16)18-14(15)19/h6-7H,4-5,8-10H2,1-3H3,(H,18,19). The Hall–Kier alpha value is -1.46. The largest absolute Gasteiger partial charge is 0.378 e. The zero-order chi connectivity index (χ0) is 15.1. The van der Waals surface area contributed by atoms with E-state index >= 15 is 0 Å². The molecule has 5 heteroatoms. The van der Waals surface area contributed by atoms with Gasteiger partial charge in [-0.15, -0.1) is 0 Å². The molecular weight excluding hydrogens is 268 g/mol. The molecule has 0 bridgehead atoms. The molecule has 0 unspecified atom stereocenters. The number of hydrogen-bond acceptors (Lipinski definition) is 4. The number of aromatic nitrogens is 1. The van der Waals surface area contributed by atoms with E-state index in [-0.39, 0.29) is 11.4 Å². The van der Waals surface area contributed by atoms with Crippen molar-refractivity contribution in [1.82, 2.24) is 10.3 Å². The van der Waals surface area contributed by atoms with E-state index in [2.05, 4.69) is 11.4 Å². The van der Waals surface area contributed by atoms with Gasteiger partial charge >= 0.3 is 0 Å². The number of amides is 1. The van der Waals surface area contributed by atoms with Crippen molar-refractivity contribution >= 4 is 5.91 Å². The molecule has 0 aromatic carbocycles. The summed E-state index contributed by atoms with van der Waals surface area (Å²) >= 11 is 0. The minimum absolute atomic E-state index is 0.0744. The van der Waals surface area contributed by atoms with E-state index in [1.165, 1.54) is 0 Å². The first kappa shape index (κ1) is 14.5. The third-order valence-electron chi connectivity index (χ3n) is 4.91. The second-order valence-corrected chi connectivity index (χ2v) is 5.95. The lowest BCUT2D eigenvalue weighted by atomic mass is 9.68. The van der Waals surface area contributed by atoms with Crippen molar-refractivity contribution in [2.45, 2.75) is 44.2 Å². The molecular formula is C16H22N2O3. The van der Waals surface area contributed by atoms with Gasteiger partial charge in [0.2, 0.25) is 5.91 Å². The van der Waals surface area contributed by atoms with Gasteiger partial charge in [-0.2, -0.15) is 0 Å². The highest BCUT2D eigenvalue weighted by Gasteiger charge is 2.54. The number of methoxy groups -OCH3 is 1. The number of fused-ring (bicyclic) bond motifs is 2. The van der Waals surface area contributed by atoms with Gasteiger partial charge in [0.15, 0.2) is 0 Å². The van der Waals surface area contributed by atoms with Crippen LogP contribution in [0.5, 0.6) is 0 Å². The second-order valence-electron chi connectivity index (χ2n) is 5.95. The molecule has 1 aromatic heterocycles. The van der Waals surface area contributed by atoms with Crippen LogP contribution < -0.4 is 5.32 Å². The summed E-state index contributed by atoms with van der Waals surface area (Å²) < 4.78 is 10.6. The molecule has 0 atom stereocenters. The van der Waals surface area contributed by atoms with Gasteiger partial charge in [0.25, 0.3) is 0 Å². The molecule has 0 radical (unpaired) electrons. The van der Waals surface area contributed by atoms with Gasteiger partial charge in [-0.1, -0.05) is 19.9 Å². The van der Waals surface area contributed by atoms with Crippen LogP contribution in [0.1, 0.15) is 43.6 Å². The Kier molecular flexibility index (Phi) is 3.50. The number of rotatable bonds is 4. The second kappa shape index (κ2) is 5.07. The molecule has 0 saturated carbocycles. The maximum Gasteiger partial charge on any atom is 0.233 e. The predicted octanol–water partition coefficient (Wildman–Crippen LogP) is 1.64. The predicted molar refractivity (Wildman–Crippen MR) is 77.8 cm³/mol. The normalized spacial score (nSPS) is 21.6. The van der Waals surface area contributed by atoms with E-state index in [4.69, 9.17) is 14.5 Å². The Morgan fingerprint density at radius 2 is 2.05 bits per heavy atom. The zero-order valence-corrected chi connectivity index (χ0v) is 12.9. The number of ether oxygens (including phenoxy) is 2. The van der Waals surface area contributed by atoms with Crippen molar-refractivity contribution in [3.05, 3.63) is 29.1 Å². The summed E-state index contributed by atoms with van der Waals surface area (Å²) in [6.45, 7) is 5.61. The van der Waals surface area contributed by atoms with Crippen molar-refractivity contribution < 1.29 is 14.3 Å². The maximum absolute atomic E-state index is 12.8. The number of nitrogens with one attached hydrogen (secondary N) is 1. The monoisotopic (exact) mass is 290 g/mol. The Labute approximate surface area is 125 Å². The molecule has 1 saturated heterocycles. The van der Waals surface area contributed by atoms with Crippen LogP contribution in [0, 0.1) is 0 Å². The molecule has 1 amide bonds. The van der Waals surface area contributed by atoms with Crippen molar-refractivity contribution in [3.8, 4) is 0 Å². The SMILES string of the molecule is CCC1(CC)C(=O)NC2(COC2)c2ccc(COC)nc21. The van der Waals surface area contributed by atoms with E-state index in [1.807, 2.05) is 19.9 Å². The molecule has 1 fully saturated rings. The molecule has 0 aliphatic carbocycles. The molecule has 3 rings (SSSR count). The number of nitrogens with zero attached hydrogens (tertiary/aromatic N) is 1. The average Bonchev–Trinajstić information content (AvgIpc) is 2.46. The Morgan fingerprint density at radius 1 is 1.33 bits per heavy atom. The molecule has 2 aliphatic rings. The van der Waals surface area contributed by atoms with Gasteiger partial charge in [0.1, 0.15) is 5.54 Å². The highest BCUT2D eigenvalue weighted by atomic mass is 16.5. The number of carbonyl (C=O) groups excluding carboxylic acids is 1. The fourth-order valence-corrected chi connectivity index (χ4v) is 3.43.